The maximum Gasteiger partial charge on any atom is 0.237 e. The Kier molecular flexibility index (Phi) is 4.22. The molecular formula is C13H24N2O. The second kappa shape index (κ2) is 5.67. The van der Waals surface area contributed by atoms with Crippen LogP contribution >= 0.6 is 0 Å². The summed E-state index contributed by atoms with van der Waals surface area (Å²) >= 11 is 0. The molecule has 2 N–H and O–H groups in total. The summed E-state index contributed by atoms with van der Waals surface area (Å²) in [4.78, 5) is 12.0. The third-order valence-corrected chi connectivity index (χ3v) is 3.93. The molecular weight excluding hydrogens is 200 g/mol. The zero-order valence-electron chi connectivity index (χ0n) is 10.3. The van der Waals surface area contributed by atoms with Crippen molar-refractivity contribution in [3.05, 3.63) is 0 Å². The maximum atomic E-state index is 12.0. The molecule has 2 atom stereocenters. The van der Waals surface area contributed by atoms with Crippen molar-refractivity contribution in [2.24, 2.45) is 5.92 Å². The van der Waals surface area contributed by atoms with E-state index in [4.69, 9.17) is 0 Å². The Hall–Kier alpha value is -0.570. The van der Waals surface area contributed by atoms with E-state index in [1.807, 2.05) is 0 Å². The van der Waals surface area contributed by atoms with Crippen LogP contribution in [0.1, 0.15) is 51.9 Å². The van der Waals surface area contributed by atoms with E-state index in [-0.39, 0.29) is 11.9 Å². The highest BCUT2D eigenvalue weighted by atomic mass is 16.2. The van der Waals surface area contributed by atoms with Gasteiger partial charge in [-0.1, -0.05) is 26.2 Å². The summed E-state index contributed by atoms with van der Waals surface area (Å²) in [6.07, 6.45) is 8.44. The Morgan fingerprint density at radius 1 is 1.19 bits per heavy atom. The number of amides is 1. The normalized spacial score (nSPS) is 32.3. The Balaban J connectivity index is 1.77. The minimum Gasteiger partial charge on any atom is -0.352 e. The summed E-state index contributed by atoms with van der Waals surface area (Å²) in [5, 5.41) is 6.53. The molecule has 1 saturated heterocycles. The average molecular weight is 224 g/mol. The van der Waals surface area contributed by atoms with Gasteiger partial charge in [-0.15, -0.1) is 0 Å². The van der Waals surface area contributed by atoms with Gasteiger partial charge in [-0.2, -0.15) is 0 Å². The van der Waals surface area contributed by atoms with Crippen LogP contribution in [0.5, 0.6) is 0 Å². The van der Waals surface area contributed by atoms with Crippen molar-refractivity contribution in [3.8, 4) is 0 Å². The molecule has 2 unspecified atom stereocenters. The van der Waals surface area contributed by atoms with Gasteiger partial charge >= 0.3 is 0 Å². The first-order valence-corrected chi connectivity index (χ1v) is 6.79. The van der Waals surface area contributed by atoms with E-state index in [9.17, 15) is 4.79 Å². The van der Waals surface area contributed by atoms with E-state index in [0.717, 1.165) is 13.0 Å². The van der Waals surface area contributed by atoms with Crippen molar-refractivity contribution in [2.75, 3.05) is 6.54 Å². The topological polar surface area (TPSA) is 41.1 Å². The van der Waals surface area contributed by atoms with Crippen molar-refractivity contribution in [1.29, 1.82) is 0 Å². The van der Waals surface area contributed by atoms with Crippen molar-refractivity contribution in [1.82, 2.24) is 10.6 Å². The predicted octanol–water partition coefficient (Wildman–Crippen LogP) is 1.82. The molecule has 0 radical (unpaired) electrons. The van der Waals surface area contributed by atoms with Gasteiger partial charge in [0.05, 0.1) is 6.04 Å². The number of piperidine rings is 1. The number of carbonyl (C=O) groups excluding carboxylic acids is 1. The zero-order valence-corrected chi connectivity index (χ0v) is 10.3. The van der Waals surface area contributed by atoms with E-state index < -0.39 is 0 Å². The zero-order chi connectivity index (χ0) is 11.4. The lowest BCUT2D eigenvalue weighted by Gasteiger charge is -2.30. The van der Waals surface area contributed by atoms with Crippen LogP contribution in [0.25, 0.3) is 0 Å². The van der Waals surface area contributed by atoms with Gasteiger partial charge in [-0.3, -0.25) is 4.79 Å². The number of hydrogen-bond donors (Lipinski definition) is 2. The molecule has 2 rings (SSSR count). The average Bonchev–Trinajstić information content (AvgIpc) is 2.30. The van der Waals surface area contributed by atoms with Gasteiger partial charge in [0.1, 0.15) is 0 Å². The standard InChI is InChI=1S/C13H24N2O/c1-10-7-8-14-12(9-10)13(16)15-11-5-3-2-4-6-11/h10-12,14H,2-9H2,1H3,(H,15,16). The van der Waals surface area contributed by atoms with Crippen LogP contribution in [-0.2, 0) is 4.79 Å². The predicted molar refractivity (Wildman–Crippen MR) is 65.2 cm³/mol. The second-order valence-electron chi connectivity index (χ2n) is 5.48. The van der Waals surface area contributed by atoms with Gasteiger partial charge in [0.15, 0.2) is 0 Å². The molecule has 1 saturated carbocycles. The molecule has 1 aliphatic carbocycles. The Morgan fingerprint density at radius 2 is 1.94 bits per heavy atom. The van der Waals surface area contributed by atoms with Gasteiger partial charge in [0, 0.05) is 6.04 Å². The Bertz CT molecular complexity index is 236. The highest BCUT2D eigenvalue weighted by Crippen LogP contribution is 2.19. The smallest absolute Gasteiger partial charge is 0.237 e. The number of carbonyl (C=O) groups is 1. The van der Waals surface area contributed by atoms with Crippen molar-refractivity contribution < 1.29 is 4.79 Å². The fourth-order valence-corrected chi connectivity index (χ4v) is 2.86. The lowest BCUT2D eigenvalue weighted by Crippen LogP contribution is -2.51. The summed E-state index contributed by atoms with van der Waals surface area (Å²) in [5.41, 5.74) is 0. The quantitative estimate of drug-likeness (QED) is 0.751. The Morgan fingerprint density at radius 3 is 2.62 bits per heavy atom. The van der Waals surface area contributed by atoms with Crippen molar-refractivity contribution in [3.63, 3.8) is 0 Å². The largest absolute Gasteiger partial charge is 0.352 e. The van der Waals surface area contributed by atoms with Crippen LogP contribution in [0.2, 0.25) is 0 Å². The van der Waals surface area contributed by atoms with Gasteiger partial charge in [-0.25, -0.2) is 0 Å². The van der Waals surface area contributed by atoms with Crippen LogP contribution in [0, 0.1) is 5.92 Å². The molecule has 0 aromatic carbocycles. The van der Waals surface area contributed by atoms with Crippen LogP contribution in [0.15, 0.2) is 0 Å². The summed E-state index contributed by atoms with van der Waals surface area (Å²) < 4.78 is 0. The summed E-state index contributed by atoms with van der Waals surface area (Å²) in [5.74, 6) is 0.918. The van der Waals surface area contributed by atoms with E-state index in [1.165, 1.54) is 38.5 Å². The molecule has 1 heterocycles. The lowest BCUT2D eigenvalue weighted by atomic mass is 9.92. The molecule has 3 nitrogen and oxygen atoms in total. The van der Waals surface area contributed by atoms with Gasteiger partial charge in [0.25, 0.3) is 0 Å². The van der Waals surface area contributed by atoms with Crippen molar-refractivity contribution >= 4 is 5.91 Å². The monoisotopic (exact) mass is 224 g/mol. The van der Waals surface area contributed by atoms with Crippen LogP contribution in [0.4, 0.5) is 0 Å². The molecule has 1 aliphatic heterocycles. The van der Waals surface area contributed by atoms with E-state index in [0.29, 0.717) is 12.0 Å². The first kappa shape index (κ1) is 11.9. The van der Waals surface area contributed by atoms with Gasteiger partial charge in [0.2, 0.25) is 5.91 Å². The third-order valence-electron chi connectivity index (χ3n) is 3.93. The number of hydrogen-bond acceptors (Lipinski definition) is 2. The molecule has 0 aromatic heterocycles. The molecule has 1 amide bonds. The minimum absolute atomic E-state index is 0.0608. The highest BCUT2D eigenvalue weighted by Gasteiger charge is 2.26. The van der Waals surface area contributed by atoms with Gasteiger partial charge in [-0.05, 0) is 38.1 Å². The highest BCUT2D eigenvalue weighted by molar-refractivity contribution is 5.82. The SMILES string of the molecule is CC1CCNC(C(=O)NC2CCCCC2)C1. The fraction of sp³-hybridized carbons (Fsp3) is 0.923. The second-order valence-corrected chi connectivity index (χ2v) is 5.48. The molecule has 0 bridgehead atoms. The minimum atomic E-state index is 0.0608. The first-order chi connectivity index (χ1) is 7.75. The van der Waals surface area contributed by atoms with Crippen LogP contribution in [0.3, 0.4) is 0 Å². The fourth-order valence-electron chi connectivity index (χ4n) is 2.86. The lowest BCUT2D eigenvalue weighted by molar-refractivity contribution is -0.124. The first-order valence-electron chi connectivity index (χ1n) is 6.79. The summed E-state index contributed by atoms with van der Waals surface area (Å²) in [6, 6.07) is 0.506. The summed E-state index contributed by atoms with van der Waals surface area (Å²) in [7, 11) is 0. The molecule has 0 aromatic rings. The molecule has 92 valence electrons. The molecule has 3 heteroatoms. The molecule has 16 heavy (non-hydrogen) atoms. The number of nitrogens with one attached hydrogen (secondary N) is 2. The van der Waals surface area contributed by atoms with Crippen molar-refractivity contribution in [2.45, 2.75) is 64.0 Å². The molecule has 2 fully saturated rings. The van der Waals surface area contributed by atoms with E-state index >= 15 is 0 Å². The van der Waals surface area contributed by atoms with Crippen LogP contribution in [-0.4, -0.2) is 24.5 Å². The molecule has 2 aliphatic rings. The summed E-state index contributed by atoms with van der Waals surface area (Å²) in [6.45, 7) is 3.23. The van der Waals surface area contributed by atoms with Gasteiger partial charge < -0.3 is 10.6 Å². The van der Waals surface area contributed by atoms with E-state index in [1.54, 1.807) is 0 Å². The third kappa shape index (κ3) is 3.21. The van der Waals surface area contributed by atoms with E-state index in [2.05, 4.69) is 17.6 Å². The van der Waals surface area contributed by atoms with Crippen LogP contribution < -0.4 is 10.6 Å². The Labute approximate surface area is 98.4 Å². The maximum absolute atomic E-state index is 12.0. The number of rotatable bonds is 2. The molecule has 0 spiro atoms.